The predicted molar refractivity (Wildman–Crippen MR) is 74.5 cm³/mol. The van der Waals surface area contributed by atoms with Gasteiger partial charge in [0.1, 0.15) is 17.6 Å². The zero-order valence-corrected chi connectivity index (χ0v) is 11.1. The fourth-order valence-electron chi connectivity index (χ4n) is 2.15. The average molecular weight is 302 g/mol. The van der Waals surface area contributed by atoms with Crippen LogP contribution in [0.1, 0.15) is 11.1 Å². The smallest absolute Gasteiger partial charge is 0.416 e. The van der Waals surface area contributed by atoms with Crippen LogP contribution in [0.5, 0.6) is 11.5 Å². The molecule has 0 radical (unpaired) electrons. The van der Waals surface area contributed by atoms with Gasteiger partial charge in [-0.15, -0.1) is 0 Å². The van der Waals surface area contributed by atoms with E-state index in [9.17, 15) is 13.2 Å². The van der Waals surface area contributed by atoms with Crippen LogP contribution >= 0.6 is 0 Å². The third-order valence-electron chi connectivity index (χ3n) is 3.21. The van der Waals surface area contributed by atoms with Crippen LogP contribution in [0.2, 0.25) is 0 Å². The van der Waals surface area contributed by atoms with Crippen LogP contribution in [0.15, 0.2) is 48.7 Å². The van der Waals surface area contributed by atoms with Crippen molar-refractivity contribution < 1.29 is 17.9 Å². The topological polar surface area (TPSA) is 48.8 Å². The van der Waals surface area contributed by atoms with Crippen molar-refractivity contribution in [2.45, 2.75) is 6.18 Å². The van der Waals surface area contributed by atoms with E-state index >= 15 is 0 Å². The first kappa shape index (κ1) is 14.0. The molecule has 0 spiro atoms. The van der Waals surface area contributed by atoms with Gasteiger partial charge in [0, 0.05) is 11.6 Å². The van der Waals surface area contributed by atoms with Crippen LogP contribution in [-0.4, -0.2) is 4.98 Å². The van der Waals surface area contributed by atoms with E-state index in [2.05, 4.69) is 11.1 Å². The molecule has 0 saturated carbocycles. The number of hydrogen-bond acceptors (Lipinski definition) is 2. The Labute approximate surface area is 123 Å². The van der Waals surface area contributed by atoms with Gasteiger partial charge in [0.05, 0.1) is 16.6 Å². The van der Waals surface area contributed by atoms with Gasteiger partial charge in [0.25, 0.3) is 0 Å². The Morgan fingerprint density at radius 3 is 2.36 bits per heavy atom. The number of aromatic amines is 1. The Morgan fingerprint density at radius 2 is 1.73 bits per heavy atom. The van der Waals surface area contributed by atoms with E-state index in [0.717, 1.165) is 12.1 Å². The summed E-state index contributed by atoms with van der Waals surface area (Å²) >= 11 is 0. The molecular formula is C16H9F3N2O. The normalized spacial score (nSPS) is 11.4. The highest BCUT2D eigenvalue weighted by Gasteiger charge is 2.30. The summed E-state index contributed by atoms with van der Waals surface area (Å²) in [5.41, 5.74) is 0.373. The van der Waals surface area contributed by atoms with Gasteiger partial charge < -0.3 is 9.72 Å². The number of nitrogens with zero attached hydrogens (tertiary/aromatic N) is 1. The molecule has 1 N–H and O–H groups in total. The minimum atomic E-state index is -4.37. The van der Waals surface area contributed by atoms with Gasteiger partial charge in [-0.25, -0.2) is 0 Å². The summed E-state index contributed by atoms with van der Waals surface area (Å²) in [6, 6.07) is 11.5. The SMILES string of the molecule is N#Cc1ccc(Oc2ccc(C(F)(F)F)cc2)c2cc[nH]c12. The van der Waals surface area contributed by atoms with Gasteiger partial charge in [-0.2, -0.15) is 18.4 Å². The van der Waals surface area contributed by atoms with Crippen LogP contribution in [0.4, 0.5) is 13.2 Å². The molecule has 6 heteroatoms. The third kappa shape index (κ3) is 2.49. The Bertz CT molecular complexity index is 858. The maximum Gasteiger partial charge on any atom is 0.416 e. The molecular weight excluding hydrogens is 293 g/mol. The monoisotopic (exact) mass is 302 g/mol. The number of rotatable bonds is 2. The van der Waals surface area contributed by atoms with Crippen molar-refractivity contribution in [3.8, 4) is 17.6 Å². The van der Waals surface area contributed by atoms with Crippen LogP contribution in [0.3, 0.4) is 0 Å². The number of nitriles is 1. The molecule has 0 bridgehead atoms. The quantitative estimate of drug-likeness (QED) is 0.735. The molecule has 3 nitrogen and oxygen atoms in total. The maximum absolute atomic E-state index is 12.5. The molecule has 0 aliphatic heterocycles. The first-order chi connectivity index (χ1) is 10.5. The average Bonchev–Trinajstić information content (AvgIpc) is 2.97. The number of alkyl halides is 3. The van der Waals surface area contributed by atoms with Crippen molar-refractivity contribution in [1.82, 2.24) is 4.98 Å². The lowest BCUT2D eigenvalue weighted by Gasteiger charge is -2.10. The zero-order valence-electron chi connectivity index (χ0n) is 11.1. The van der Waals surface area contributed by atoms with Crippen molar-refractivity contribution in [3.63, 3.8) is 0 Å². The lowest BCUT2D eigenvalue weighted by molar-refractivity contribution is -0.137. The largest absolute Gasteiger partial charge is 0.457 e. The number of ether oxygens (including phenoxy) is 1. The van der Waals surface area contributed by atoms with Crippen LogP contribution in [0, 0.1) is 11.3 Å². The molecule has 3 aromatic rings. The maximum atomic E-state index is 12.5. The van der Waals surface area contributed by atoms with E-state index < -0.39 is 11.7 Å². The predicted octanol–water partition coefficient (Wildman–Crippen LogP) is 4.85. The molecule has 110 valence electrons. The number of hydrogen-bond donors (Lipinski definition) is 1. The van der Waals surface area contributed by atoms with Gasteiger partial charge in [-0.05, 0) is 42.5 Å². The molecule has 0 unspecified atom stereocenters. The van der Waals surface area contributed by atoms with E-state index in [0.29, 0.717) is 28.0 Å². The molecule has 0 aliphatic rings. The summed E-state index contributed by atoms with van der Waals surface area (Å²) in [4.78, 5) is 2.94. The zero-order chi connectivity index (χ0) is 15.7. The van der Waals surface area contributed by atoms with E-state index in [-0.39, 0.29) is 0 Å². The van der Waals surface area contributed by atoms with Crippen molar-refractivity contribution in [1.29, 1.82) is 5.26 Å². The highest BCUT2D eigenvalue weighted by molar-refractivity contribution is 5.90. The number of halogens is 3. The lowest BCUT2D eigenvalue weighted by atomic mass is 10.1. The summed E-state index contributed by atoms with van der Waals surface area (Å²) in [6.45, 7) is 0. The minimum absolute atomic E-state index is 0.292. The lowest BCUT2D eigenvalue weighted by Crippen LogP contribution is -2.04. The third-order valence-corrected chi connectivity index (χ3v) is 3.21. The molecule has 2 aromatic carbocycles. The van der Waals surface area contributed by atoms with Crippen molar-refractivity contribution in [2.24, 2.45) is 0 Å². The number of aromatic nitrogens is 1. The first-order valence-electron chi connectivity index (χ1n) is 6.34. The van der Waals surface area contributed by atoms with Crippen molar-refractivity contribution >= 4 is 10.9 Å². The summed E-state index contributed by atoms with van der Waals surface area (Å²) in [5.74, 6) is 0.759. The second kappa shape index (κ2) is 5.11. The van der Waals surface area contributed by atoms with Crippen molar-refractivity contribution in [3.05, 3.63) is 59.8 Å². The number of benzene rings is 2. The number of fused-ring (bicyclic) bond motifs is 1. The van der Waals surface area contributed by atoms with Crippen molar-refractivity contribution in [2.75, 3.05) is 0 Å². The Morgan fingerprint density at radius 1 is 1.00 bits per heavy atom. The van der Waals surface area contributed by atoms with E-state index in [4.69, 9.17) is 10.00 Å². The summed E-state index contributed by atoms with van der Waals surface area (Å²) in [6.07, 6.45) is -2.70. The molecule has 0 aliphatic carbocycles. The standard InChI is InChI=1S/C16H9F3N2O/c17-16(18,19)11-2-4-12(5-3-11)22-14-6-1-10(9-20)15-13(14)7-8-21-15/h1-8,21H. The fraction of sp³-hybridized carbons (Fsp3) is 0.0625. The van der Waals surface area contributed by atoms with Crippen LogP contribution in [0.25, 0.3) is 10.9 Å². The van der Waals surface area contributed by atoms with Gasteiger partial charge in [0.15, 0.2) is 0 Å². The summed E-state index contributed by atoms with van der Waals surface area (Å²) < 4.78 is 43.2. The Balaban J connectivity index is 1.94. The molecule has 0 atom stereocenters. The van der Waals surface area contributed by atoms with Gasteiger partial charge in [-0.1, -0.05) is 0 Å². The minimum Gasteiger partial charge on any atom is -0.457 e. The van der Waals surface area contributed by atoms with Crippen LogP contribution < -0.4 is 4.74 Å². The second-order valence-corrected chi connectivity index (χ2v) is 4.61. The molecule has 22 heavy (non-hydrogen) atoms. The Kier molecular flexibility index (Phi) is 3.26. The van der Waals surface area contributed by atoms with E-state index in [1.807, 2.05) is 0 Å². The fourth-order valence-corrected chi connectivity index (χ4v) is 2.15. The highest BCUT2D eigenvalue weighted by Crippen LogP contribution is 2.34. The molecule has 1 heterocycles. The van der Waals surface area contributed by atoms with Gasteiger partial charge in [-0.3, -0.25) is 0 Å². The summed E-state index contributed by atoms with van der Waals surface area (Å²) in [5, 5.41) is 9.72. The van der Waals surface area contributed by atoms with E-state index in [1.54, 1.807) is 24.4 Å². The highest BCUT2D eigenvalue weighted by atomic mass is 19.4. The number of H-pyrrole nitrogens is 1. The molecule has 3 rings (SSSR count). The van der Waals surface area contributed by atoms with Gasteiger partial charge in [0.2, 0.25) is 0 Å². The summed E-state index contributed by atoms with van der Waals surface area (Å²) in [7, 11) is 0. The molecule has 0 amide bonds. The molecule has 0 fully saturated rings. The number of nitrogens with one attached hydrogen (secondary N) is 1. The Hall–Kier alpha value is -2.94. The molecule has 1 aromatic heterocycles. The van der Waals surface area contributed by atoms with E-state index in [1.165, 1.54) is 12.1 Å². The molecule has 0 saturated heterocycles. The van der Waals surface area contributed by atoms with Crippen LogP contribution in [-0.2, 0) is 6.18 Å². The van der Waals surface area contributed by atoms with Gasteiger partial charge >= 0.3 is 6.18 Å². The first-order valence-corrected chi connectivity index (χ1v) is 6.34. The second-order valence-electron chi connectivity index (χ2n) is 4.61.